The second kappa shape index (κ2) is 8.34. The van der Waals surface area contributed by atoms with Gasteiger partial charge in [-0.25, -0.2) is 23.1 Å². The highest BCUT2D eigenvalue weighted by molar-refractivity contribution is 7.91. The van der Waals surface area contributed by atoms with Crippen LogP contribution in [-0.4, -0.2) is 53.0 Å². The summed E-state index contributed by atoms with van der Waals surface area (Å²) < 4.78 is 103. The molecule has 32 heavy (non-hydrogen) atoms. The first-order chi connectivity index (χ1) is 14.8. The third kappa shape index (κ3) is 4.17. The number of thiophene rings is 1. The van der Waals surface area contributed by atoms with E-state index in [-0.39, 0.29) is 21.5 Å². The van der Waals surface area contributed by atoms with Crippen molar-refractivity contribution in [2.45, 2.75) is 16.4 Å². The van der Waals surface area contributed by atoms with Gasteiger partial charge in [0.2, 0.25) is 0 Å². The first-order valence-electron chi connectivity index (χ1n) is 8.33. The van der Waals surface area contributed by atoms with Crippen LogP contribution in [0.25, 0.3) is 21.5 Å². The highest BCUT2D eigenvalue weighted by Gasteiger charge is 2.54. The van der Waals surface area contributed by atoms with Gasteiger partial charge in [0.15, 0.2) is 0 Å². The van der Waals surface area contributed by atoms with Gasteiger partial charge in [-0.3, -0.25) is 0 Å². The molecule has 0 aliphatic carbocycles. The van der Waals surface area contributed by atoms with E-state index in [0.29, 0.717) is 11.3 Å². The number of pyridine rings is 1. The molecule has 0 unspecified atom stereocenters. The van der Waals surface area contributed by atoms with Gasteiger partial charge >= 0.3 is 18.2 Å². The van der Waals surface area contributed by atoms with Gasteiger partial charge in [0.05, 0.1) is 6.61 Å². The van der Waals surface area contributed by atoms with Gasteiger partial charge in [-0.05, 0) is 24.3 Å². The average Bonchev–Trinajstić information content (AvgIpc) is 3.38. The summed E-state index contributed by atoms with van der Waals surface area (Å²) in [7, 11) is -5.16. The summed E-state index contributed by atoms with van der Waals surface area (Å²) in [6.45, 7) is -2.41. The van der Waals surface area contributed by atoms with Gasteiger partial charge in [-0.2, -0.15) is 22.0 Å². The number of nitrogens with one attached hydrogen (secondary N) is 1. The summed E-state index contributed by atoms with van der Waals surface area (Å²) in [5, 5.41) is 8.94. The fourth-order valence-electron chi connectivity index (χ4n) is 2.76. The van der Waals surface area contributed by atoms with Crippen LogP contribution < -0.4 is 0 Å². The minimum atomic E-state index is -5.16. The normalized spacial score (nSPS) is 13.1. The van der Waals surface area contributed by atoms with E-state index in [2.05, 4.69) is 14.9 Å². The van der Waals surface area contributed by atoms with Crippen LogP contribution in [0, 0.1) is 0 Å². The number of aromatic amines is 1. The molecular formula is C16H11F6N3O5S2. The van der Waals surface area contributed by atoms with E-state index in [1.54, 1.807) is 0 Å². The molecule has 0 aliphatic rings. The number of hydrogen-bond donors (Lipinski definition) is 2. The lowest BCUT2D eigenvalue weighted by Crippen LogP contribution is -2.52. The van der Waals surface area contributed by atoms with Crippen molar-refractivity contribution in [1.82, 2.24) is 14.3 Å². The van der Waals surface area contributed by atoms with Gasteiger partial charge in [0, 0.05) is 33.1 Å². The van der Waals surface area contributed by atoms with Crippen LogP contribution in [0.5, 0.6) is 0 Å². The van der Waals surface area contributed by atoms with Crippen LogP contribution in [0.1, 0.15) is 5.69 Å². The van der Waals surface area contributed by atoms with E-state index >= 15 is 0 Å². The minimum Gasteiger partial charge on any atom is -0.395 e. The average molecular weight is 503 g/mol. The Morgan fingerprint density at radius 2 is 1.91 bits per heavy atom. The van der Waals surface area contributed by atoms with Crippen molar-refractivity contribution in [3.8, 4) is 10.4 Å². The van der Waals surface area contributed by atoms with Crippen LogP contribution in [0.4, 0.5) is 26.5 Å². The Labute approximate surface area is 179 Å². The molecule has 3 rings (SSSR count). The van der Waals surface area contributed by atoms with E-state index in [4.69, 9.17) is 5.11 Å². The molecule has 0 spiro atoms. The van der Waals surface area contributed by atoms with Crippen LogP contribution in [-0.2, 0) is 25.9 Å². The van der Waals surface area contributed by atoms with Crippen molar-refractivity contribution in [2.24, 2.45) is 0 Å². The molecule has 2 N–H and O–H groups in total. The number of nitrogens with zero attached hydrogens (tertiary/aromatic N) is 2. The van der Waals surface area contributed by atoms with E-state index < -0.39 is 55.6 Å². The van der Waals surface area contributed by atoms with Gasteiger partial charge in [-0.1, -0.05) is 0 Å². The van der Waals surface area contributed by atoms with Crippen LogP contribution in [0.3, 0.4) is 0 Å². The number of fused-ring (bicyclic) bond motifs is 1. The topological polar surface area (TPSA) is 113 Å². The Morgan fingerprint density at radius 1 is 1.22 bits per heavy atom. The highest BCUT2D eigenvalue weighted by atomic mass is 32.2. The zero-order chi connectivity index (χ0) is 23.9. The van der Waals surface area contributed by atoms with Gasteiger partial charge < -0.3 is 10.1 Å². The Bertz CT molecular complexity index is 1250. The zero-order valence-corrected chi connectivity index (χ0v) is 17.0. The molecule has 3 aromatic heterocycles. The van der Waals surface area contributed by atoms with Crippen molar-refractivity contribution in [1.29, 1.82) is 0 Å². The SMILES string of the molecule is O=C(OF)C(F)(F)N(CCO)S(=O)(=O)c1ccc(-c2ccnc3[nH]c(C(F)(F)F)cc23)s1. The number of carbonyl (C=O) groups is 1. The first-order valence-corrected chi connectivity index (χ1v) is 10.6. The maximum Gasteiger partial charge on any atom is 0.435 e. The number of aliphatic hydroxyl groups is 1. The Kier molecular flexibility index (Phi) is 6.25. The Morgan fingerprint density at radius 3 is 2.50 bits per heavy atom. The smallest absolute Gasteiger partial charge is 0.395 e. The number of sulfonamides is 1. The van der Waals surface area contributed by atoms with Crippen molar-refractivity contribution >= 4 is 38.4 Å². The first kappa shape index (κ1) is 24.0. The van der Waals surface area contributed by atoms with Crippen molar-refractivity contribution in [3.05, 3.63) is 36.2 Å². The molecule has 0 aliphatic heterocycles. The summed E-state index contributed by atoms with van der Waals surface area (Å²) in [6, 6.07) is -0.906. The molecule has 0 aromatic carbocycles. The number of halogens is 6. The van der Waals surface area contributed by atoms with E-state index in [0.717, 1.165) is 24.4 Å². The molecule has 174 valence electrons. The number of carbonyl (C=O) groups excluding carboxylic acids is 1. The summed E-state index contributed by atoms with van der Waals surface area (Å²) >= 11 is 0.401. The lowest BCUT2D eigenvalue weighted by molar-refractivity contribution is -0.227. The van der Waals surface area contributed by atoms with Crippen LogP contribution in [0.2, 0.25) is 0 Å². The third-order valence-corrected chi connectivity index (χ3v) is 7.59. The number of aromatic nitrogens is 2. The third-order valence-electron chi connectivity index (χ3n) is 4.16. The van der Waals surface area contributed by atoms with E-state index in [1.807, 2.05) is 0 Å². The Balaban J connectivity index is 2.08. The number of alkyl halides is 5. The predicted molar refractivity (Wildman–Crippen MR) is 97.5 cm³/mol. The fraction of sp³-hybridized carbons (Fsp3) is 0.250. The minimum absolute atomic E-state index is 0.0100. The summed E-state index contributed by atoms with van der Waals surface area (Å²) in [5.74, 6) is -2.81. The molecule has 0 bridgehead atoms. The summed E-state index contributed by atoms with van der Waals surface area (Å²) in [6.07, 6.45) is -3.55. The van der Waals surface area contributed by atoms with Crippen LogP contribution >= 0.6 is 11.3 Å². The molecule has 0 amide bonds. The summed E-state index contributed by atoms with van der Waals surface area (Å²) in [5.41, 5.74) is -1.13. The van der Waals surface area contributed by atoms with E-state index in [1.165, 1.54) is 6.07 Å². The lowest BCUT2D eigenvalue weighted by Gasteiger charge is -2.25. The van der Waals surface area contributed by atoms with Crippen molar-refractivity contribution < 1.29 is 49.7 Å². The molecule has 0 saturated carbocycles. The zero-order valence-electron chi connectivity index (χ0n) is 15.4. The molecule has 0 fully saturated rings. The monoisotopic (exact) mass is 503 g/mol. The van der Waals surface area contributed by atoms with Crippen molar-refractivity contribution in [3.63, 3.8) is 0 Å². The Hall–Kier alpha value is -2.69. The quantitative estimate of drug-likeness (QED) is 0.378. The largest absolute Gasteiger partial charge is 0.435 e. The number of hydrogen-bond acceptors (Lipinski definition) is 7. The highest BCUT2D eigenvalue weighted by Crippen LogP contribution is 2.39. The maximum atomic E-state index is 14.1. The molecule has 0 saturated heterocycles. The number of H-pyrrole nitrogens is 1. The number of rotatable bonds is 7. The lowest BCUT2D eigenvalue weighted by atomic mass is 10.1. The van der Waals surface area contributed by atoms with Gasteiger partial charge in [-0.15, -0.1) is 15.6 Å². The van der Waals surface area contributed by atoms with E-state index in [9.17, 15) is 39.7 Å². The van der Waals surface area contributed by atoms with Crippen LogP contribution in [0.15, 0.2) is 34.7 Å². The predicted octanol–water partition coefficient (Wildman–Crippen LogP) is 3.31. The maximum absolute atomic E-state index is 14.1. The molecule has 16 heteroatoms. The molecule has 0 atom stereocenters. The second-order valence-electron chi connectivity index (χ2n) is 6.13. The second-order valence-corrected chi connectivity index (χ2v) is 9.30. The molecule has 3 aromatic rings. The summed E-state index contributed by atoms with van der Waals surface area (Å²) in [4.78, 5) is 19.4. The fourth-order valence-corrected chi connectivity index (χ4v) is 5.65. The van der Waals surface area contributed by atoms with Crippen molar-refractivity contribution in [2.75, 3.05) is 13.2 Å². The van der Waals surface area contributed by atoms with Gasteiger partial charge in [0.1, 0.15) is 15.6 Å². The molecular weight excluding hydrogens is 492 g/mol. The molecule has 0 radical (unpaired) electrons. The standard InChI is InChI=1S/C16H11F6N3O5S2/c17-15(18,19)11-7-9-8(3-4-23-13(9)24-11)10-1-2-12(31-10)32(28,29)25(5-6-26)16(20,21)14(27)30-22/h1-4,7,26H,5-6H2,(H,23,24). The van der Waals surface area contributed by atoms with Gasteiger partial charge in [0.25, 0.3) is 10.0 Å². The molecule has 8 nitrogen and oxygen atoms in total. The molecule has 3 heterocycles. The number of aliphatic hydroxyl groups excluding tert-OH is 1.